The van der Waals surface area contributed by atoms with Gasteiger partial charge in [-0.3, -0.25) is 0 Å². The summed E-state index contributed by atoms with van der Waals surface area (Å²) in [6.45, 7) is 3.18. The van der Waals surface area contributed by atoms with Crippen LogP contribution in [-0.4, -0.2) is 17.7 Å². The molecule has 0 aliphatic carbocycles. The minimum Gasteiger partial charge on any atom is -0.478 e. The van der Waals surface area contributed by atoms with Crippen LogP contribution in [0.25, 0.3) is 6.08 Å². The summed E-state index contributed by atoms with van der Waals surface area (Å²) >= 11 is 0. The zero-order valence-corrected chi connectivity index (χ0v) is 8.64. The molecule has 0 radical (unpaired) electrons. The van der Waals surface area contributed by atoms with Crippen LogP contribution < -0.4 is 0 Å². The van der Waals surface area contributed by atoms with Gasteiger partial charge in [0.25, 0.3) is 0 Å². The molecule has 1 aromatic carbocycles. The second-order valence-electron chi connectivity index (χ2n) is 3.05. The Morgan fingerprint density at radius 2 is 2.33 bits per heavy atom. The molecule has 0 bridgehead atoms. The van der Waals surface area contributed by atoms with Crippen molar-refractivity contribution in [1.29, 1.82) is 0 Å². The highest BCUT2D eigenvalue weighted by Crippen LogP contribution is 2.08. The third-order valence-corrected chi connectivity index (χ3v) is 1.84. The van der Waals surface area contributed by atoms with E-state index in [9.17, 15) is 4.79 Å². The minimum absolute atomic E-state index is 0.561. The van der Waals surface area contributed by atoms with E-state index in [1.807, 2.05) is 31.2 Å². The fourth-order valence-electron chi connectivity index (χ4n) is 1.17. The van der Waals surface area contributed by atoms with Gasteiger partial charge in [-0.15, -0.1) is 0 Å². The van der Waals surface area contributed by atoms with E-state index >= 15 is 0 Å². The van der Waals surface area contributed by atoms with Gasteiger partial charge < -0.3 is 9.84 Å². The van der Waals surface area contributed by atoms with Gasteiger partial charge in [0, 0.05) is 12.7 Å². The molecule has 15 heavy (non-hydrogen) atoms. The van der Waals surface area contributed by atoms with E-state index in [4.69, 9.17) is 9.84 Å². The molecule has 0 heterocycles. The van der Waals surface area contributed by atoms with Gasteiger partial charge in [-0.25, -0.2) is 4.79 Å². The fourth-order valence-corrected chi connectivity index (χ4v) is 1.17. The van der Waals surface area contributed by atoms with Crippen LogP contribution in [0.2, 0.25) is 0 Å². The summed E-state index contributed by atoms with van der Waals surface area (Å²) in [6.07, 6.45) is 2.69. The number of hydrogen-bond acceptors (Lipinski definition) is 2. The summed E-state index contributed by atoms with van der Waals surface area (Å²) in [7, 11) is 0. The fraction of sp³-hybridized carbons (Fsp3) is 0.250. The SMILES string of the molecule is CCOCc1cccc(C=CC(=O)O)c1. The summed E-state index contributed by atoms with van der Waals surface area (Å²) in [5.41, 5.74) is 1.92. The maximum absolute atomic E-state index is 10.3. The van der Waals surface area contributed by atoms with E-state index in [-0.39, 0.29) is 0 Å². The summed E-state index contributed by atoms with van der Waals surface area (Å²) in [5.74, 6) is -0.940. The minimum atomic E-state index is -0.940. The standard InChI is InChI=1S/C12H14O3/c1-2-15-9-11-5-3-4-10(8-11)6-7-12(13)14/h3-8H,2,9H2,1H3,(H,13,14). The third kappa shape index (κ3) is 4.42. The van der Waals surface area contributed by atoms with Gasteiger partial charge in [0.15, 0.2) is 0 Å². The first-order chi connectivity index (χ1) is 7.22. The van der Waals surface area contributed by atoms with Gasteiger partial charge in [-0.05, 0) is 30.2 Å². The lowest BCUT2D eigenvalue weighted by Gasteiger charge is -2.02. The van der Waals surface area contributed by atoms with Crippen molar-refractivity contribution < 1.29 is 14.6 Å². The molecule has 1 rings (SSSR count). The number of benzene rings is 1. The van der Waals surface area contributed by atoms with Gasteiger partial charge in [-0.2, -0.15) is 0 Å². The number of ether oxygens (including phenoxy) is 1. The van der Waals surface area contributed by atoms with Gasteiger partial charge in [0.1, 0.15) is 0 Å². The maximum Gasteiger partial charge on any atom is 0.328 e. The Bertz CT molecular complexity index is 356. The molecule has 0 aromatic heterocycles. The van der Waals surface area contributed by atoms with Crippen molar-refractivity contribution in [1.82, 2.24) is 0 Å². The largest absolute Gasteiger partial charge is 0.478 e. The Morgan fingerprint density at radius 1 is 1.53 bits per heavy atom. The molecule has 1 aromatic rings. The average molecular weight is 206 g/mol. The van der Waals surface area contributed by atoms with Crippen molar-refractivity contribution in [2.45, 2.75) is 13.5 Å². The van der Waals surface area contributed by atoms with E-state index in [2.05, 4.69) is 0 Å². The number of carbonyl (C=O) groups is 1. The van der Waals surface area contributed by atoms with E-state index in [1.165, 1.54) is 0 Å². The van der Waals surface area contributed by atoms with Crippen molar-refractivity contribution in [2.24, 2.45) is 0 Å². The van der Waals surface area contributed by atoms with Crippen LogP contribution in [0.1, 0.15) is 18.1 Å². The van der Waals surface area contributed by atoms with Crippen LogP contribution in [0.3, 0.4) is 0 Å². The summed E-state index contributed by atoms with van der Waals surface area (Å²) < 4.78 is 5.26. The maximum atomic E-state index is 10.3. The Morgan fingerprint density at radius 3 is 3.00 bits per heavy atom. The topological polar surface area (TPSA) is 46.5 Å². The van der Waals surface area contributed by atoms with Crippen molar-refractivity contribution in [3.8, 4) is 0 Å². The Kier molecular flexibility index (Phi) is 4.57. The molecule has 80 valence electrons. The monoisotopic (exact) mass is 206 g/mol. The molecule has 3 nitrogen and oxygen atoms in total. The quantitative estimate of drug-likeness (QED) is 0.752. The zero-order valence-electron chi connectivity index (χ0n) is 8.64. The van der Waals surface area contributed by atoms with Gasteiger partial charge in [0.05, 0.1) is 6.61 Å². The van der Waals surface area contributed by atoms with Gasteiger partial charge >= 0.3 is 5.97 Å². The predicted molar refractivity (Wildman–Crippen MR) is 58.4 cm³/mol. The summed E-state index contributed by atoms with van der Waals surface area (Å²) in [4.78, 5) is 10.3. The van der Waals surface area contributed by atoms with Crippen molar-refractivity contribution in [3.63, 3.8) is 0 Å². The molecule has 0 unspecified atom stereocenters. The Balaban J connectivity index is 2.69. The Hall–Kier alpha value is -1.61. The van der Waals surface area contributed by atoms with Crippen LogP contribution in [0, 0.1) is 0 Å². The molecule has 1 N–H and O–H groups in total. The first kappa shape index (κ1) is 11.5. The highest BCUT2D eigenvalue weighted by molar-refractivity contribution is 5.85. The molecular formula is C12H14O3. The van der Waals surface area contributed by atoms with Gasteiger partial charge in [0.2, 0.25) is 0 Å². The molecule has 0 saturated carbocycles. The van der Waals surface area contributed by atoms with Crippen LogP contribution in [-0.2, 0) is 16.1 Å². The summed E-state index contributed by atoms with van der Waals surface area (Å²) in [6, 6.07) is 7.60. The first-order valence-electron chi connectivity index (χ1n) is 4.80. The summed E-state index contributed by atoms with van der Waals surface area (Å²) in [5, 5.41) is 8.47. The second kappa shape index (κ2) is 5.98. The molecule has 0 atom stereocenters. The van der Waals surface area contributed by atoms with E-state index in [0.717, 1.165) is 17.2 Å². The average Bonchev–Trinajstić information content (AvgIpc) is 2.24. The lowest BCUT2D eigenvalue weighted by atomic mass is 10.1. The van der Waals surface area contributed by atoms with Gasteiger partial charge in [-0.1, -0.05) is 18.2 Å². The third-order valence-electron chi connectivity index (χ3n) is 1.84. The Labute approximate surface area is 89.0 Å². The van der Waals surface area contributed by atoms with E-state index in [1.54, 1.807) is 6.08 Å². The van der Waals surface area contributed by atoms with Crippen LogP contribution in [0.5, 0.6) is 0 Å². The molecule has 0 fully saturated rings. The number of hydrogen-bond donors (Lipinski definition) is 1. The van der Waals surface area contributed by atoms with E-state index in [0.29, 0.717) is 13.2 Å². The first-order valence-corrected chi connectivity index (χ1v) is 4.80. The van der Waals surface area contributed by atoms with Crippen LogP contribution in [0.15, 0.2) is 30.3 Å². The number of carboxylic acids is 1. The number of carboxylic acid groups (broad SMARTS) is 1. The molecule has 0 aliphatic heterocycles. The highest BCUT2D eigenvalue weighted by Gasteiger charge is 1.94. The predicted octanol–water partition coefficient (Wildman–Crippen LogP) is 2.32. The highest BCUT2D eigenvalue weighted by atomic mass is 16.5. The molecule has 0 aliphatic rings. The molecular weight excluding hydrogens is 192 g/mol. The van der Waals surface area contributed by atoms with Crippen LogP contribution >= 0.6 is 0 Å². The zero-order chi connectivity index (χ0) is 11.1. The molecule has 0 saturated heterocycles. The van der Waals surface area contributed by atoms with Crippen molar-refractivity contribution >= 4 is 12.0 Å². The lowest BCUT2D eigenvalue weighted by Crippen LogP contribution is -1.92. The second-order valence-corrected chi connectivity index (χ2v) is 3.05. The van der Waals surface area contributed by atoms with Crippen molar-refractivity contribution in [3.05, 3.63) is 41.5 Å². The van der Waals surface area contributed by atoms with Crippen LogP contribution in [0.4, 0.5) is 0 Å². The normalized spacial score (nSPS) is 10.7. The van der Waals surface area contributed by atoms with Crippen molar-refractivity contribution in [2.75, 3.05) is 6.61 Å². The number of rotatable bonds is 5. The molecule has 0 amide bonds. The smallest absolute Gasteiger partial charge is 0.328 e. The number of aliphatic carboxylic acids is 1. The lowest BCUT2D eigenvalue weighted by molar-refractivity contribution is -0.131. The van der Waals surface area contributed by atoms with E-state index < -0.39 is 5.97 Å². The molecule has 3 heteroatoms. The molecule has 0 spiro atoms.